The number of nitrogens with one attached hydrogen (secondary N) is 1. The number of halogens is 1. The molecule has 0 aliphatic rings. The molecule has 1 aromatic heterocycles. The van der Waals surface area contributed by atoms with E-state index in [1.54, 1.807) is 12.5 Å². The molecule has 0 bridgehead atoms. The summed E-state index contributed by atoms with van der Waals surface area (Å²) in [6, 6.07) is 5.71. The van der Waals surface area contributed by atoms with Crippen molar-refractivity contribution in [3.8, 4) is 5.75 Å². The molecule has 0 atom stereocenters. The standard InChI is InChI=1S/C13H16ClN3O/c1-15-9-11-12(14)3-2-4-13(11)18-8-7-17-6-5-16-10-17/h2-6,10,15H,7-9H2,1H3. The third kappa shape index (κ3) is 3.24. The molecule has 0 amide bonds. The molecule has 0 spiro atoms. The van der Waals surface area contributed by atoms with Crippen molar-refractivity contribution in [2.24, 2.45) is 0 Å². The highest BCUT2D eigenvalue weighted by atomic mass is 35.5. The fraction of sp³-hybridized carbons (Fsp3) is 0.308. The SMILES string of the molecule is CNCc1c(Cl)cccc1OCCn1ccnc1. The van der Waals surface area contributed by atoms with Crippen LogP contribution < -0.4 is 10.1 Å². The van der Waals surface area contributed by atoms with E-state index in [0.29, 0.717) is 13.2 Å². The highest BCUT2D eigenvalue weighted by Crippen LogP contribution is 2.26. The predicted molar refractivity (Wildman–Crippen MR) is 71.9 cm³/mol. The van der Waals surface area contributed by atoms with Crippen LogP contribution in [0.25, 0.3) is 0 Å². The lowest BCUT2D eigenvalue weighted by molar-refractivity contribution is 0.295. The molecule has 0 fully saturated rings. The molecule has 2 rings (SSSR count). The molecule has 5 heteroatoms. The topological polar surface area (TPSA) is 39.1 Å². The molecular weight excluding hydrogens is 250 g/mol. The lowest BCUT2D eigenvalue weighted by Gasteiger charge is -2.12. The molecule has 1 aromatic carbocycles. The van der Waals surface area contributed by atoms with Crippen LogP contribution in [0.4, 0.5) is 0 Å². The van der Waals surface area contributed by atoms with Gasteiger partial charge in [-0.05, 0) is 19.2 Å². The summed E-state index contributed by atoms with van der Waals surface area (Å²) in [7, 11) is 1.89. The van der Waals surface area contributed by atoms with E-state index in [9.17, 15) is 0 Å². The first-order chi connectivity index (χ1) is 8.81. The molecule has 2 aromatic rings. The number of hydrogen-bond donors (Lipinski definition) is 1. The maximum absolute atomic E-state index is 6.15. The van der Waals surface area contributed by atoms with Crippen molar-refractivity contribution < 1.29 is 4.74 Å². The van der Waals surface area contributed by atoms with E-state index in [4.69, 9.17) is 16.3 Å². The van der Waals surface area contributed by atoms with Crippen molar-refractivity contribution >= 4 is 11.6 Å². The number of imidazole rings is 1. The summed E-state index contributed by atoms with van der Waals surface area (Å²) < 4.78 is 7.75. The molecule has 0 saturated carbocycles. The van der Waals surface area contributed by atoms with Crippen LogP contribution in [0, 0.1) is 0 Å². The molecule has 0 aliphatic carbocycles. The van der Waals surface area contributed by atoms with Crippen LogP contribution in [0.5, 0.6) is 5.75 Å². The monoisotopic (exact) mass is 265 g/mol. The summed E-state index contributed by atoms with van der Waals surface area (Å²) in [5, 5.41) is 3.82. The number of benzene rings is 1. The minimum Gasteiger partial charge on any atom is -0.491 e. The first kappa shape index (κ1) is 12.9. The fourth-order valence-corrected chi connectivity index (χ4v) is 1.94. The van der Waals surface area contributed by atoms with Crippen LogP contribution in [0.15, 0.2) is 36.9 Å². The molecule has 96 valence electrons. The van der Waals surface area contributed by atoms with Crippen LogP contribution in [0.1, 0.15) is 5.56 Å². The van der Waals surface area contributed by atoms with E-state index in [0.717, 1.165) is 22.9 Å². The van der Waals surface area contributed by atoms with Crippen molar-refractivity contribution in [2.45, 2.75) is 13.1 Å². The summed E-state index contributed by atoms with van der Waals surface area (Å²) in [5.41, 5.74) is 0.993. The summed E-state index contributed by atoms with van der Waals surface area (Å²) in [5.74, 6) is 0.831. The average Bonchev–Trinajstić information content (AvgIpc) is 2.86. The molecule has 1 N–H and O–H groups in total. The lowest BCUT2D eigenvalue weighted by Crippen LogP contribution is -2.11. The zero-order chi connectivity index (χ0) is 12.8. The first-order valence-electron chi connectivity index (χ1n) is 5.82. The summed E-state index contributed by atoms with van der Waals surface area (Å²) >= 11 is 6.15. The second kappa shape index (κ2) is 6.42. The van der Waals surface area contributed by atoms with Gasteiger partial charge < -0.3 is 14.6 Å². The zero-order valence-corrected chi connectivity index (χ0v) is 11.0. The third-order valence-electron chi connectivity index (χ3n) is 2.60. The molecule has 1 heterocycles. The summed E-state index contributed by atoms with van der Waals surface area (Å²) in [4.78, 5) is 3.99. The molecule has 0 aliphatic heterocycles. The van der Waals surface area contributed by atoms with Gasteiger partial charge >= 0.3 is 0 Å². The summed E-state index contributed by atoms with van der Waals surface area (Å²) in [6.45, 7) is 2.05. The molecule has 18 heavy (non-hydrogen) atoms. The van der Waals surface area contributed by atoms with Gasteiger partial charge in [-0.1, -0.05) is 17.7 Å². The Morgan fingerprint density at radius 2 is 2.33 bits per heavy atom. The normalized spacial score (nSPS) is 10.6. The van der Waals surface area contributed by atoms with Crippen LogP contribution in [-0.2, 0) is 13.1 Å². The molecule has 0 unspecified atom stereocenters. The van der Waals surface area contributed by atoms with E-state index >= 15 is 0 Å². The molecular formula is C13H16ClN3O. The number of nitrogens with zero attached hydrogens (tertiary/aromatic N) is 2. The van der Waals surface area contributed by atoms with Gasteiger partial charge in [-0.3, -0.25) is 0 Å². The van der Waals surface area contributed by atoms with Crippen LogP contribution in [0.3, 0.4) is 0 Å². The Labute approximate surface area is 112 Å². The number of ether oxygens (including phenoxy) is 1. The fourth-order valence-electron chi connectivity index (χ4n) is 1.70. The van der Waals surface area contributed by atoms with Gasteiger partial charge in [0.15, 0.2) is 0 Å². The number of rotatable bonds is 6. The number of hydrogen-bond acceptors (Lipinski definition) is 3. The zero-order valence-electron chi connectivity index (χ0n) is 10.3. The van der Waals surface area contributed by atoms with Gasteiger partial charge in [-0.2, -0.15) is 0 Å². The second-order valence-electron chi connectivity index (χ2n) is 3.90. The molecule has 0 radical (unpaired) electrons. The van der Waals surface area contributed by atoms with Crippen LogP contribution >= 0.6 is 11.6 Å². The van der Waals surface area contributed by atoms with Crippen molar-refractivity contribution in [1.29, 1.82) is 0 Å². The minimum absolute atomic E-state index is 0.591. The Morgan fingerprint density at radius 1 is 1.44 bits per heavy atom. The first-order valence-corrected chi connectivity index (χ1v) is 6.19. The third-order valence-corrected chi connectivity index (χ3v) is 2.95. The highest BCUT2D eigenvalue weighted by molar-refractivity contribution is 6.31. The quantitative estimate of drug-likeness (QED) is 0.871. The Balaban J connectivity index is 1.98. The minimum atomic E-state index is 0.591. The second-order valence-corrected chi connectivity index (χ2v) is 4.30. The lowest BCUT2D eigenvalue weighted by atomic mass is 10.2. The van der Waals surface area contributed by atoms with Gasteiger partial charge in [0.2, 0.25) is 0 Å². The number of aromatic nitrogens is 2. The van der Waals surface area contributed by atoms with E-state index in [1.165, 1.54) is 0 Å². The van der Waals surface area contributed by atoms with E-state index in [1.807, 2.05) is 36.0 Å². The van der Waals surface area contributed by atoms with Gasteiger partial charge in [0, 0.05) is 29.5 Å². The van der Waals surface area contributed by atoms with E-state index in [-0.39, 0.29) is 0 Å². The van der Waals surface area contributed by atoms with Crippen molar-refractivity contribution in [1.82, 2.24) is 14.9 Å². The Bertz CT molecular complexity index is 485. The maximum atomic E-state index is 6.15. The smallest absolute Gasteiger partial charge is 0.125 e. The Morgan fingerprint density at radius 3 is 3.06 bits per heavy atom. The van der Waals surface area contributed by atoms with Crippen LogP contribution in [-0.4, -0.2) is 23.2 Å². The van der Waals surface area contributed by atoms with E-state index < -0.39 is 0 Å². The Hall–Kier alpha value is -1.52. The van der Waals surface area contributed by atoms with Gasteiger partial charge in [-0.15, -0.1) is 0 Å². The summed E-state index contributed by atoms with van der Waals surface area (Å²) in [6.07, 6.45) is 5.44. The van der Waals surface area contributed by atoms with Gasteiger partial charge in [0.05, 0.1) is 12.9 Å². The van der Waals surface area contributed by atoms with Crippen molar-refractivity contribution in [3.05, 3.63) is 47.5 Å². The molecule has 0 saturated heterocycles. The predicted octanol–water partition coefficient (Wildman–Crippen LogP) is 2.33. The van der Waals surface area contributed by atoms with Crippen LogP contribution in [0.2, 0.25) is 5.02 Å². The van der Waals surface area contributed by atoms with Gasteiger partial charge in [-0.25, -0.2) is 4.98 Å². The van der Waals surface area contributed by atoms with Gasteiger partial charge in [0.1, 0.15) is 12.4 Å². The largest absolute Gasteiger partial charge is 0.491 e. The maximum Gasteiger partial charge on any atom is 0.125 e. The van der Waals surface area contributed by atoms with Crippen molar-refractivity contribution in [2.75, 3.05) is 13.7 Å². The van der Waals surface area contributed by atoms with Crippen molar-refractivity contribution in [3.63, 3.8) is 0 Å². The van der Waals surface area contributed by atoms with E-state index in [2.05, 4.69) is 10.3 Å². The highest BCUT2D eigenvalue weighted by Gasteiger charge is 2.07. The van der Waals surface area contributed by atoms with Gasteiger partial charge in [0.25, 0.3) is 0 Å². The molecule has 4 nitrogen and oxygen atoms in total. The Kier molecular flexibility index (Phi) is 4.61. The average molecular weight is 266 g/mol.